The lowest BCUT2D eigenvalue weighted by Gasteiger charge is -2.05. The minimum absolute atomic E-state index is 0.0657. The lowest BCUT2D eigenvalue weighted by Crippen LogP contribution is -2.13. The summed E-state index contributed by atoms with van der Waals surface area (Å²) < 4.78 is 9.44. The molecule has 1 aromatic carbocycles. The van der Waals surface area contributed by atoms with Gasteiger partial charge in [-0.1, -0.05) is 6.58 Å². The monoisotopic (exact) mass is 264 g/mol. The maximum atomic E-state index is 11.5. The highest BCUT2D eigenvalue weighted by molar-refractivity contribution is 5.92. The van der Waals surface area contributed by atoms with Crippen molar-refractivity contribution in [2.75, 3.05) is 13.2 Å². The van der Waals surface area contributed by atoms with Gasteiger partial charge >= 0.3 is 17.9 Å². The highest BCUT2D eigenvalue weighted by Crippen LogP contribution is 2.06. The van der Waals surface area contributed by atoms with E-state index in [1.807, 2.05) is 0 Å². The Bertz CT molecular complexity index is 488. The number of aromatic carboxylic acids is 1. The van der Waals surface area contributed by atoms with E-state index < -0.39 is 17.9 Å². The molecule has 0 saturated heterocycles. The maximum absolute atomic E-state index is 11.5. The summed E-state index contributed by atoms with van der Waals surface area (Å²) in [5.74, 6) is -2.29. The third-order valence-electron chi connectivity index (χ3n) is 2.10. The molecule has 0 aliphatic heterocycles. The number of carbonyl (C=O) groups is 3. The first-order chi connectivity index (χ1) is 9.04. The van der Waals surface area contributed by atoms with Gasteiger partial charge in [0.2, 0.25) is 0 Å². The average molecular weight is 264 g/mol. The highest BCUT2D eigenvalue weighted by atomic mass is 16.6. The molecular formula is C13H12O6. The van der Waals surface area contributed by atoms with Gasteiger partial charge in [0.05, 0.1) is 11.1 Å². The van der Waals surface area contributed by atoms with Crippen LogP contribution in [0.1, 0.15) is 20.7 Å². The summed E-state index contributed by atoms with van der Waals surface area (Å²) in [7, 11) is 0. The van der Waals surface area contributed by atoms with Crippen LogP contribution in [0.4, 0.5) is 0 Å². The Morgan fingerprint density at radius 3 is 2.11 bits per heavy atom. The smallest absolute Gasteiger partial charge is 0.338 e. The number of carbonyl (C=O) groups excluding carboxylic acids is 2. The largest absolute Gasteiger partial charge is 0.478 e. The van der Waals surface area contributed by atoms with E-state index in [1.54, 1.807) is 0 Å². The van der Waals surface area contributed by atoms with Gasteiger partial charge in [0.25, 0.3) is 0 Å². The molecule has 100 valence electrons. The number of esters is 2. The molecular weight excluding hydrogens is 252 g/mol. The van der Waals surface area contributed by atoms with Gasteiger partial charge in [-0.05, 0) is 24.3 Å². The highest BCUT2D eigenvalue weighted by Gasteiger charge is 2.09. The molecule has 0 aliphatic rings. The molecule has 19 heavy (non-hydrogen) atoms. The molecule has 1 N–H and O–H groups in total. The van der Waals surface area contributed by atoms with Crippen LogP contribution in [0, 0.1) is 0 Å². The zero-order chi connectivity index (χ0) is 14.3. The molecule has 0 saturated carbocycles. The molecule has 0 atom stereocenters. The van der Waals surface area contributed by atoms with Gasteiger partial charge < -0.3 is 14.6 Å². The van der Waals surface area contributed by atoms with Crippen LogP contribution in [0.25, 0.3) is 0 Å². The first-order valence-corrected chi connectivity index (χ1v) is 5.34. The van der Waals surface area contributed by atoms with Crippen molar-refractivity contribution in [3.8, 4) is 0 Å². The van der Waals surface area contributed by atoms with E-state index in [-0.39, 0.29) is 24.3 Å². The van der Waals surface area contributed by atoms with Gasteiger partial charge in [-0.2, -0.15) is 0 Å². The molecule has 0 aliphatic carbocycles. The van der Waals surface area contributed by atoms with Crippen LogP contribution < -0.4 is 0 Å². The Morgan fingerprint density at radius 2 is 1.58 bits per heavy atom. The third kappa shape index (κ3) is 4.63. The van der Waals surface area contributed by atoms with Crippen molar-refractivity contribution >= 4 is 17.9 Å². The minimum Gasteiger partial charge on any atom is -0.478 e. The van der Waals surface area contributed by atoms with Gasteiger partial charge in [0.15, 0.2) is 0 Å². The van der Waals surface area contributed by atoms with E-state index in [2.05, 4.69) is 11.3 Å². The molecule has 6 nitrogen and oxygen atoms in total. The first kappa shape index (κ1) is 14.4. The summed E-state index contributed by atoms with van der Waals surface area (Å²) in [6, 6.07) is 5.30. The number of rotatable bonds is 6. The number of ether oxygens (including phenoxy) is 2. The number of carboxylic acid groups (broad SMARTS) is 1. The van der Waals surface area contributed by atoms with Gasteiger partial charge in [0.1, 0.15) is 13.2 Å². The molecule has 6 heteroatoms. The second-order valence-corrected chi connectivity index (χ2v) is 3.39. The minimum atomic E-state index is -1.07. The van der Waals surface area contributed by atoms with Crippen molar-refractivity contribution in [1.29, 1.82) is 0 Å². The quantitative estimate of drug-likeness (QED) is 0.472. The van der Waals surface area contributed by atoms with Crippen LogP contribution >= 0.6 is 0 Å². The Balaban J connectivity index is 2.43. The van der Waals surface area contributed by atoms with Crippen molar-refractivity contribution in [1.82, 2.24) is 0 Å². The molecule has 0 unspecified atom stereocenters. The Labute approximate surface area is 109 Å². The molecule has 0 heterocycles. The fourth-order valence-electron chi connectivity index (χ4n) is 1.17. The molecule has 0 amide bonds. The lowest BCUT2D eigenvalue weighted by molar-refractivity contribution is -0.138. The summed E-state index contributed by atoms with van der Waals surface area (Å²) in [6.07, 6.45) is 1.01. The van der Waals surface area contributed by atoms with Crippen LogP contribution in [0.5, 0.6) is 0 Å². The topological polar surface area (TPSA) is 89.9 Å². The summed E-state index contributed by atoms with van der Waals surface area (Å²) in [6.45, 7) is 3.06. The van der Waals surface area contributed by atoms with E-state index >= 15 is 0 Å². The maximum Gasteiger partial charge on any atom is 0.338 e. The van der Waals surface area contributed by atoms with Crippen molar-refractivity contribution in [3.63, 3.8) is 0 Å². The fourth-order valence-corrected chi connectivity index (χ4v) is 1.17. The predicted molar refractivity (Wildman–Crippen MR) is 64.8 cm³/mol. The zero-order valence-electron chi connectivity index (χ0n) is 10.00. The van der Waals surface area contributed by atoms with Crippen LogP contribution in [0.3, 0.4) is 0 Å². The summed E-state index contributed by atoms with van der Waals surface area (Å²) >= 11 is 0. The Hall–Kier alpha value is -2.63. The lowest BCUT2D eigenvalue weighted by atomic mass is 10.1. The normalized spacial score (nSPS) is 9.47. The van der Waals surface area contributed by atoms with Gasteiger partial charge in [-0.3, -0.25) is 0 Å². The van der Waals surface area contributed by atoms with Crippen LogP contribution in [0.15, 0.2) is 36.9 Å². The van der Waals surface area contributed by atoms with Crippen molar-refractivity contribution in [2.45, 2.75) is 0 Å². The summed E-state index contributed by atoms with van der Waals surface area (Å²) in [5, 5.41) is 8.69. The number of hydrogen-bond donors (Lipinski definition) is 1. The Kier molecular flexibility index (Phi) is 5.28. The van der Waals surface area contributed by atoms with Crippen molar-refractivity contribution in [2.24, 2.45) is 0 Å². The van der Waals surface area contributed by atoms with Crippen LogP contribution in [-0.4, -0.2) is 36.2 Å². The summed E-state index contributed by atoms with van der Waals surface area (Å²) in [4.78, 5) is 32.8. The number of carboxylic acids is 1. The number of hydrogen-bond acceptors (Lipinski definition) is 5. The molecule has 1 aromatic rings. The molecule has 0 aromatic heterocycles. The van der Waals surface area contributed by atoms with Crippen molar-refractivity contribution in [3.05, 3.63) is 48.0 Å². The van der Waals surface area contributed by atoms with Gasteiger partial charge in [0, 0.05) is 6.08 Å². The molecule has 0 spiro atoms. The number of benzene rings is 1. The second kappa shape index (κ2) is 6.95. The molecule has 0 radical (unpaired) electrons. The average Bonchev–Trinajstić information content (AvgIpc) is 2.43. The molecule has 0 fully saturated rings. The van der Waals surface area contributed by atoms with Crippen molar-refractivity contribution < 1.29 is 29.0 Å². The van der Waals surface area contributed by atoms with E-state index in [1.165, 1.54) is 24.3 Å². The Morgan fingerprint density at radius 1 is 1.05 bits per heavy atom. The van der Waals surface area contributed by atoms with E-state index in [4.69, 9.17) is 9.84 Å². The SMILES string of the molecule is C=CC(=O)OCCOC(=O)c1ccc(C(=O)O)cc1. The predicted octanol–water partition coefficient (Wildman–Crippen LogP) is 1.27. The molecule has 0 bridgehead atoms. The van der Waals surface area contributed by atoms with E-state index in [0.29, 0.717) is 0 Å². The van der Waals surface area contributed by atoms with E-state index in [0.717, 1.165) is 6.08 Å². The third-order valence-corrected chi connectivity index (χ3v) is 2.10. The van der Waals surface area contributed by atoms with Crippen LogP contribution in [-0.2, 0) is 14.3 Å². The second-order valence-electron chi connectivity index (χ2n) is 3.39. The van der Waals surface area contributed by atoms with E-state index in [9.17, 15) is 14.4 Å². The standard InChI is InChI=1S/C13H12O6/c1-2-11(14)18-7-8-19-13(17)10-5-3-9(4-6-10)12(15)16/h2-6H,1,7-8H2,(H,15,16). The molecule has 1 rings (SSSR count). The fraction of sp³-hybridized carbons (Fsp3) is 0.154. The van der Waals surface area contributed by atoms with Gasteiger partial charge in [-0.25, -0.2) is 14.4 Å². The first-order valence-electron chi connectivity index (χ1n) is 5.34. The zero-order valence-corrected chi connectivity index (χ0v) is 10.00. The van der Waals surface area contributed by atoms with Crippen LogP contribution in [0.2, 0.25) is 0 Å². The summed E-state index contributed by atoms with van der Waals surface area (Å²) in [5.41, 5.74) is 0.302. The van der Waals surface area contributed by atoms with Gasteiger partial charge in [-0.15, -0.1) is 0 Å².